The Labute approximate surface area is 126 Å². The van der Waals surface area contributed by atoms with Crippen LogP contribution in [0.15, 0.2) is 24.3 Å². The van der Waals surface area contributed by atoms with Gasteiger partial charge in [0.1, 0.15) is 5.92 Å². The van der Waals surface area contributed by atoms with E-state index in [-0.39, 0.29) is 25.5 Å². The van der Waals surface area contributed by atoms with Crippen LogP contribution in [-0.4, -0.2) is 36.6 Å². The van der Waals surface area contributed by atoms with Crippen molar-refractivity contribution in [1.82, 2.24) is 0 Å². The summed E-state index contributed by atoms with van der Waals surface area (Å²) < 4.78 is 42.7. The van der Waals surface area contributed by atoms with Crippen LogP contribution in [0.3, 0.4) is 0 Å². The van der Waals surface area contributed by atoms with Crippen molar-refractivity contribution in [3.8, 4) is 0 Å². The zero-order valence-corrected chi connectivity index (χ0v) is 12.2. The topological polar surface area (TPSA) is 77.2 Å². The number of aliphatic hydroxyl groups is 1. The maximum atomic E-state index is 12.7. The number of alkyl halides is 3. The van der Waals surface area contributed by atoms with Crippen molar-refractivity contribution in [1.29, 1.82) is 10.8 Å². The SMILES string of the molecule is COC(O)Cc1ccccc1CCC(=N)C(C=N)C(F)(F)F. The normalized spacial score (nSPS) is 14.4. The van der Waals surface area contributed by atoms with Gasteiger partial charge in [-0.3, -0.25) is 0 Å². The summed E-state index contributed by atoms with van der Waals surface area (Å²) in [5.74, 6) is -2.13. The number of aryl methyl sites for hydroxylation is 1. The van der Waals surface area contributed by atoms with Crippen LogP contribution in [0, 0.1) is 16.7 Å². The van der Waals surface area contributed by atoms with Gasteiger partial charge in [-0.25, -0.2) is 0 Å². The molecule has 0 spiro atoms. The van der Waals surface area contributed by atoms with E-state index in [1.54, 1.807) is 24.3 Å². The zero-order chi connectivity index (χ0) is 16.8. The smallest absolute Gasteiger partial charge is 0.368 e. The van der Waals surface area contributed by atoms with E-state index in [0.717, 1.165) is 11.1 Å². The van der Waals surface area contributed by atoms with Crippen LogP contribution < -0.4 is 0 Å². The summed E-state index contributed by atoms with van der Waals surface area (Å²) in [6, 6.07) is 7.03. The molecule has 0 radical (unpaired) electrons. The van der Waals surface area contributed by atoms with E-state index >= 15 is 0 Å². The summed E-state index contributed by atoms with van der Waals surface area (Å²) in [6.07, 6.45) is -4.96. The molecule has 0 aromatic heterocycles. The number of nitrogens with one attached hydrogen (secondary N) is 2. The molecule has 3 N–H and O–H groups in total. The molecule has 22 heavy (non-hydrogen) atoms. The van der Waals surface area contributed by atoms with E-state index in [9.17, 15) is 18.3 Å². The van der Waals surface area contributed by atoms with Gasteiger partial charge in [-0.2, -0.15) is 13.2 Å². The van der Waals surface area contributed by atoms with Crippen LogP contribution >= 0.6 is 0 Å². The van der Waals surface area contributed by atoms with Crippen LogP contribution in [0.1, 0.15) is 17.5 Å². The Bertz CT molecular complexity index is 518. The number of halogens is 3. The molecule has 0 fully saturated rings. The van der Waals surface area contributed by atoms with Gasteiger partial charge in [0.2, 0.25) is 0 Å². The first-order chi connectivity index (χ1) is 10.3. The highest BCUT2D eigenvalue weighted by atomic mass is 19.4. The second kappa shape index (κ2) is 8.05. The van der Waals surface area contributed by atoms with E-state index in [1.165, 1.54) is 7.11 Å². The average Bonchev–Trinajstić information content (AvgIpc) is 2.45. The van der Waals surface area contributed by atoms with Crippen molar-refractivity contribution in [2.75, 3.05) is 7.11 Å². The molecule has 0 amide bonds. The summed E-state index contributed by atoms with van der Waals surface area (Å²) in [6.45, 7) is 0. The third-order valence-corrected chi connectivity index (χ3v) is 3.34. The van der Waals surface area contributed by atoms with E-state index in [2.05, 4.69) is 0 Å². The minimum Gasteiger partial charge on any atom is -0.368 e. The Balaban J connectivity index is 2.76. The van der Waals surface area contributed by atoms with Gasteiger partial charge in [-0.1, -0.05) is 24.3 Å². The Hall–Kier alpha value is -1.73. The molecule has 1 aromatic rings. The highest BCUT2D eigenvalue weighted by molar-refractivity contribution is 5.96. The van der Waals surface area contributed by atoms with Crippen molar-refractivity contribution < 1.29 is 23.0 Å². The van der Waals surface area contributed by atoms with Gasteiger partial charge in [0.05, 0.1) is 0 Å². The lowest BCUT2D eigenvalue weighted by Crippen LogP contribution is -2.31. The fraction of sp³-hybridized carbons (Fsp3) is 0.467. The molecule has 2 unspecified atom stereocenters. The molecule has 0 aliphatic carbocycles. The third kappa shape index (κ3) is 5.23. The number of aliphatic hydroxyl groups excluding tert-OH is 1. The number of rotatable bonds is 8. The Morgan fingerprint density at radius 2 is 1.91 bits per heavy atom. The summed E-state index contributed by atoms with van der Waals surface area (Å²) in [5.41, 5.74) is 0.988. The molecule has 0 aliphatic heterocycles. The van der Waals surface area contributed by atoms with Crippen LogP contribution in [0.2, 0.25) is 0 Å². The number of methoxy groups -OCH3 is 1. The molecule has 0 saturated heterocycles. The van der Waals surface area contributed by atoms with Gasteiger partial charge in [-0.15, -0.1) is 0 Å². The number of benzene rings is 1. The van der Waals surface area contributed by atoms with Gasteiger partial charge in [0.25, 0.3) is 0 Å². The van der Waals surface area contributed by atoms with Crippen molar-refractivity contribution in [3.05, 3.63) is 35.4 Å². The Kier molecular flexibility index (Phi) is 6.70. The van der Waals surface area contributed by atoms with E-state index in [4.69, 9.17) is 15.6 Å². The highest BCUT2D eigenvalue weighted by Gasteiger charge is 2.40. The molecule has 0 bridgehead atoms. The standard InChI is InChI=1S/C15H19F3N2O2/c1-22-14(21)8-11-5-3-2-4-10(11)6-7-13(20)12(9-19)15(16,17)18/h2-5,9,12,14,19-21H,6-8H2,1H3. The lowest BCUT2D eigenvalue weighted by atomic mass is 9.94. The first-order valence-electron chi connectivity index (χ1n) is 6.71. The van der Waals surface area contributed by atoms with Gasteiger partial charge in [0.15, 0.2) is 6.29 Å². The molecule has 2 atom stereocenters. The molecule has 7 heteroatoms. The van der Waals surface area contributed by atoms with Crippen molar-refractivity contribution in [3.63, 3.8) is 0 Å². The Morgan fingerprint density at radius 1 is 1.32 bits per heavy atom. The lowest BCUT2D eigenvalue weighted by Gasteiger charge is -2.18. The van der Waals surface area contributed by atoms with E-state index < -0.39 is 24.1 Å². The average molecular weight is 316 g/mol. The molecular weight excluding hydrogens is 297 g/mol. The number of ether oxygens (including phenoxy) is 1. The minimum atomic E-state index is -4.61. The van der Waals surface area contributed by atoms with Crippen molar-refractivity contribution >= 4 is 11.9 Å². The maximum Gasteiger partial charge on any atom is 0.401 e. The van der Waals surface area contributed by atoms with Crippen LogP contribution in [0.25, 0.3) is 0 Å². The number of hydrogen-bond acceptors (Lipinski definition) is 4. The summed E-state index contributed by atoms with van der Waals surface area (Å²) in [4.78, 5) is 0. The van der Waals surface area contributed by atoms with Crippen LogP contribution in [0.5, 0.6) is 0 Å². The maximum absolute atomic E-state index is 12.7. The fourth-order valence-corrected chi connectivity index (χ4v) is 2.09. The molecule has 1 rings (SSSR count). The van der Waals surface area contributed by atoms with Crippen molar-refractivity contribution in [2.45, 2.75) is 31.7 Å². The molecule has 0 saturated carbocycles. The molecule has 122 valence electrons. The third-order valence-electron chi connectivity index (χ3n) is 3.34. The summed E-state index contributed by atoms with van der Waals surface area (Å²) in [7, 11) is 1.36. The van der Waals surface area contributed by atoms with Gasteiger partial charge < -0.3 is 20.7 Å². The quantitative estimate of drug-likeness (QED) is 0.509. The predicted molar refractivity (Wildman–Crippen MR) is 77.5 cm³/mol. The second-order valence-electron chi connectivity index (χ2n) is 4.87. The first-order valence-corrected chi connectivity index (χ1v) is 6.71. The predicted octanol–water partition coefficient (Wildman–Crippen LogP) is 2.97. The number of hydrogen-bond donors (Lipinski definition) is 3. The van der Waals surface area contributed by atoms with Crippen LogP contribution in [-0.2, 0) is 17.6 Å². The molecule has 0 aliphatic rings. The Morgan fingerprint density at radius 3 is 2.41 bits per heavy atom. The van der Waals surface area contributed by atoms with Gasteiger partial charge in [-0.05, 0) is 24.0 Å². The first kappa shape index (κ1) is 18.3. The highest BCUT2D eigenvalue weighted by Crippen LogP contribution is 2.27. The molecule has 0 heterocycles. The second-order valence-corrected chi connectivity index (χ2v) is 4.87. The molecule has 4 nitrogen and oxygen atoms in total. The van der Waals surface area contributed by atoms with E-state index in [0.29, 0.717) is 0 Å². The molecular formula is C15H19F3N2O2. The van der Waals surface area contributed by atoms with Gasteiger partial charge in [0, 0.05) is 25.5 Å². The fourth-order valence-electron chi connectivity index (χ4n) is 2.09. The molecule has 1 aromatic carbocycles. The largest absolute Gasteiger partial charge is 0.401 e. The van der Waals surface area contributed by atoms with Gasteiger partial charge >= 0.3 is 6.18 Å². The van der Waals surface area contributed by atoms with E-state index in [1.807, 2.05) is 0 Å². The summed E-state index contributed by atoms with van der Waals surface area (Å²) >= 11 is 0. The van der Waals surface area contributed by atoms with Crippen molar-refractivity contribution in [2.24, 2.45) is 5.92 Å². The lowest BCUT2D eigenvalue weighted by molar-refractivity contribution is -0.138. The van der Waals surface area contributed by atoms with Crippen LogP contribution in [0.4, 0.5) is 13.2 Å². The summed E-state index contributed by atoms with van der Waals surface area (Å²) in [5, 5.41) is 23.9. The monoisotopic (exact) mass is 316 g/mol. The minimum absolute atomic E-state index is 0.0976. The zero-order valence-electron chi connectivity index (χ0n) is 12.2.